The Morgan fingerprint density at radius 2 is 1.96 bits per heavy atom. The maximum Gasteiger partial charge on any atom is 0.254 e. The summed E-state index contributed by atoms with van der Waals surface area (Å²) in [7, 11) is 0. The zero-order chi connectivity index (χ0) is 19.1. The van der Waals surface area contributed by atoms with Crippen molar-refractivity contribution in [3.05, 3.63) is 76.1 Å². The Morgan fingerprint density at radius 1 is 1.11 bits per heavy atom. The number of hydrogen-bond donors (Lipinski definition) is 1. The summed E-state index contributed by atoms with van der Waals surface area (Å²) < 4.78 is 26.6. The van der Waals surface area contributed by atoms with E-state index in [1.165, 1.54) is 35.7 Å². The van der Waals surface area contributed by atoms with E-state index in [-0.39, 0.29) is 5.91 Å². The van der Waals surface area contributed by atoms with Crippen LogP contribution < -0.4 is 5.32 Å². The third-order valence-corrected chi connectivity index (χ3v) is 6.68. The summed E-state index contributed by atoms with van der Waals surface area (Å²) >= 11 is 4.34. The van der Waals surface area contributed by atoms with Gasteiger partial charge in [0.2, 0.25) is 0 Å². The number of pyridine rings is 1. The zero-order valence-corrected chi connectivity index (χ0v) is 16.6. The minimum Gasteiger partial charge on any atom is -0.347 e. The lowest BCUT2D eigenvalue weighted by Gasteiger charge is -2.09. The van der Waals surface area contributed by atoms with Crippen molar-refractivity contribution in [3.8, 4) is 0 Å². The molecule has 1 N–H and O–H groups in total. The molecule has 0 aliphatic heterocycles. The summed E-state index contributed by atoms with van der Waals surface area (Å²) in [6.45, 7) is 0.481. The van der Waals surface area contributed by atoms with Crippen LogP contribution in [-0.4, -0.2) is 22.4 Å². The first kappa shape index (κ1) is 19.9. The quantitative estimate of drug-likeness (QED) is 0.398. The first-order valence-electron chi connectivity index (χ1n) is 8.10. The first-order chi connectivity index (χ1) is 13.1. The number of aromatic nitrogens is 1. The molecule has 0 aliphatic carbocycles. The van der Waals surface area contributed by atoms with E-state index in [1.807, 2.05) is 17.5 Å². The van der Waals surface area contributed by atoms with Crippen molar-refractivity contribution < 1.29 is 13.6 Å². The molecule has 0 unspecified atom stereocenters. The molecule has 3 aromatic rings. The van der Waals surface area contributed by atoms with Gasteiger partial charge in [-0.3, -0.25) is 4.79 Å². The smallest absolute Gasteiger partial charge is 0.254 e. The number of hydrogen-bond acceptors (Lipinski definition) is 5. The minimum absolute atomic E-state index is 0.170. The van der Waals surface area contributed by atoms with Gasteiger partial charge in [-0.1, -0.05) is 6.07 Å². The van der Waals surface area contributed by atoms with Crippen LogP contribution in [0.1, 0.15) is 15.2 Å². The molecule has 0 fully saturated rings. The summed E-state index contributed by atoms with van der Waals surface area (Å²) in [5, 5.41) is 5.51. The Balaban J connectivity index is 1.53. The fourth-order valence-electron chi connectivity index (χ4n) is 2.24. The average molecular weight is 423 g/mol. The summed E-state index contributed by atoms with van der Waals surface area (Å²) in [6.07, 6.45) is 1.64. The molecular formula is C19H16F2N2OS3. The topological polar surface area (TPSA) is 42.0 Å². The van der Waals surface area contributed by atoms with Gasteiger partial charge < -0.3 is 5.32 Å². The molecule has 0 radical (unpaired) electrons. The van der Waals surface area contributed by atoms with E-state index < -0.39 is 11.6 Å². The Morgan fingerprint density at radius 3 is 2.74 bits per heavy atom. The van der Waals surface area contributed by atoms with Crippen LogP contribution in [0, 0.1) is 11.6 Å². The van der Waals surface area contributed by atoms with Gasteiger partial charge in [-0.2, -0.15) is 0 Å². The second-order valence-electron chi connectivity index (χ2n) is 5.39. The van der Waals surface area contributed by atoms with Crippen LogP contribution in [0.15, 0.2) is 64.0 Å². The number of rotatable bonds is 8. The van der Waals surface area contributed by atoms with Crippen LogP contribution in [0.5, 0.6) is 0 Å². The Kier molecular flexibility index (Phi) is 7.25. The summed E-state index contributed by atoms with van der Waals surface area (Å²) in [5.41, 5.74) is 0.525. The van der Waals surface area contributed by atoms with Crippen molar-refractivity contribution in [2.75, 3.05) is 11.5 Å². The largest absolute Gasteiger partial charge is 0.347 e. The van der Waals surface area contributed by atoms with Crippen molar-refractivity contribution in [2.24, 2.45) is 0 Å². The minimum atomic E-state index is -0.585. The highest BCUT2D eigenvalue weighted by molar-refractivity contribution is 8.03. The van der Waals surface area contributed by atoms with Crippen molar-refractivity contribution >= 4 is 40.8 Å². The standard InChI is InChI=1S/C19H16F2N2OS3/c20-13-5-6-17(16(21)11-13)26-9-10-27-19-15(4-1-7-22-19)18(24)23-12-14-3-2-8-25-14/h1-8,11H,9-10,12H2,(H,23,24). The van der Waals surface area contributed by atoms with Crippen LogP contribution in [0.3, 0.4) is 0 Å². The average Bonchev–Trinajstić information content (AvgIpc) is 3.18. The van der Waals surface area contributed by atoms with Crippen molar-refractivity contribution in [1.29, 1.82) is 0 Å². The number of carbonyl (C=O) groups is 1. The number of thioether (sulfide) groups is 2. The van der Waals surface area contributed by atoms with Crippen LogP contribution in [0.2, 0.25) is 0 Å². The van der Waals surface area contributed by atoms with Gasteiger partial charge in [0.15, 0.2) is 0 Å². The second-order valence-corrected chi connectivity index (χ2v) is 8.64. The van der Waals surface area contributed by atoms with Crippen LogP contribution in [-0.2, 0) is 6.54 Å². The predicted molar refractivity (Wildman–Crippen MR) is 108 cm³/mol. The van der Waals surface area contributed by atoms with Crippen molar-refractivity contribution in [1.82, 2.24) is 10.3 Å². The van der Waals surface area contributed by atoms with Gasteiger partial charge in [-0.05, 0) is 35.7 Å². The lowest BCUT2D eigenvalue weighted by Crippen LogP contribution is -2.23. The fraction of sp³-hybridized carbons (Fsp3) is 0.158. The molecule has 0 saturated carbocycles. The van der Waals surface area contributed by atoms with Crippen molar-refractivity contribution in [3.63, 3.8) is 0 Å². The molecule has 1 aromatic carbocycles. The molecule has 2 heterocycles. The van der Waals surface area contributed by atoms with Crippen LogP contribution >= 0.6 is 34.9 Å². The lowest BCUT2D eigenvalue weighted by molar-refractivity contribution is 0.0947. The second kappa shape index (κ2) is 9.87. The van der Waals surface area contributed by atoms with Gasteiger partial charge in [0, 0.05) is 33.5 Å². The monoisotopic (exact) mass is 422 g/mol. The van der Waals surface area contributed by atoms with Crippen molar-refractivity contribution in [2.45, 2.75) is 16.5 Å². The maximum absolute atomic E-state index is 13.6. The predicted octanol–water partition coefficient (Wildman–Crippen LogP) is 5.24. The number of amides is 1. The molecule has 3 nitrogen and oxygen atoms in total. The molecule has 0 aliphatic rings. The molecule has 27 heavy (non-hydrogen) atoms. The molecule has 0 saturated heterocycles. The van der Waals surface area contributed by atoms with E-state index in [9.17, 15) is 13.6 Å². The normalized spacial score (nSPS) is 10.7. The maximum atomic E-state index is 13.6. The van der Waals surface area contributed by atoms with E-state index in [0.717, 1.165) is 10.9 Å². The van der Waals surface area contributed by atoms with Gasteiger partial charge in [-0.15, -0.1) is 34.9 Å². The number of nitrogens with one attached hydrogen (secondary N) is 1. The van der Waals surface area contributed by atoms with E-state index in [2.05, 4.69) is 10.3 Å². The lowest BCUT2D eigenvalue weighted by atomic mass is 10.2. The molecule has 140 valence electrons. The van der Waals surface area contributed by atoms with Gasteiger partial charge in [0.1, 0.15) is 16.7 Å². The Hall–Kier alpha value is -1.90. The zero-order valence-electron chi connectivity index (χ0n) is 14.2. The number of nitrogens with zero attached hydrogens (tertiary/aromatic N) is 1. The summed E-state index contributed by atoms with van der Waals surface area (Å²) in [4.78, 5) is 18.2. The van der Waals surface area contributed by atoms with Gasteiger partial charge in [0.05, 0.1) is 12.1 Å². The molecule has 1 amide bonds. The van der Waals surface area contributed by atoms with E-state index in [4.69, 9.17) is 0 Å². The number of carbonyl (C=O) groups excluding carboxylic acids is 1. The number of benzene rings is 1. The Labute approximate surface area is 168 Å². The van der Waals surface area contributed by atoms with E-state index >= 15 is 0 Å². The van der Waals surface area contributed by atoms with E-state index in [1.54, 1.807) is 29.7 Å². The first-order valence-corrected chi connectivity index (χ1v) is 10.9. The molecule has 8 heteroatoms. The summed E-state index contributed by atoms with van der Waals surface area (Å²) in [6, 6.07) is 10.9. The molecule has 0 atom stereocenters. The highest BCUT2D eigenvalue weighted by Crippen LogP contribution is 2.26. The summed E-state index contributed by atoms with van der Waals surface area (Å²) in [5.74, 6) is -0.0605. The van der Waals surface area contributed by atoms with Gasteiger partial charge >= 0.3 is 0 Å². The number of halogens is 2. The molecule has 2 aromatic heterocycles. The van der Waals surface area contributed by atoms with E-state index in [0.29, 0.717) is 33.5 Å². The number of thiophene rings is 1. The molecule has 0 bridgehead atoms. The van der Waals surface area contributed by atoms with Gasteiger partial charge in [0.25, 0.3) is 5.91 Å². The van der Waals surface area contributed by atoms with Crippen LogP contribution in [0.25, 0.3) is 0 Å². The molecule has 3 rings (SSSR count). The third kappa shape index (κ3) is 5.79. The molecular weight excluding hydrogens is 406 g/mol. The fourth-order valence-corrected chi connectivity index (χ4v) is 4.77. The SMILES string of the molecule is O=C(NCc1cccs1)c1cccnc1SCCSc1ccc(F)cc1F. The van der Waals surface area contributed by atoms with Crippen LogP contribution in [0.4, 0.5) is 8.78 Å². The molecule has 0 spiro atoms. The Bertz CT molecular complexity index is 904. The highest BCUT2D eigenvalue weighted by Gasteiger charge is 2.13. The van der Waals surface area contributed by atoms with Gasteiger partial charge in [-0.25, -0.2) is 13.8 Å². The third-order valence-electron chi connectivity index (χ3n) is 3.49. The highest BCUT2D eigenvalue weighted by atomic mass is 32.2.